The summed E-state index contributed by atoms with van der Waals surface area (Å²) < 4.78 is 13.2. The van der Waals surface area contributed by atoms with Gasteiger partial charge in [0.15, 0.2) is 6.35 Å². The SMILES string of the molecule is CN1C(O)N(c2ccccc2)[C@H](c2ccc(O)cc2O)[C@@H]1CCC(O)c1ccc(F)cc1. The van der Waals surface area contributed by atoms with Crippen LogP contribution in [0.5, 0.6) is 11.5 Å². The fraction of sp³-hybridized carbons (Fsp3) is 0.280. The number of aromatic hydroxyl groups is 2. The number of aliphatic hydroxyl groups excluding tert-OH is 2. The van der Waals surface area contributed by atoms with E-state index in [9.17, 15) is 24.8 Å². The molecule has 3 aromatic carbocycles. The van der Waals surface area contributed by atoms with E-state index in [0.717, 1.165) is 5.69 Å². The van der Waals surface area contributed by atoms with Gasteiger partial charge in [0.2, 0.25) is 0 Å². The molecule has 1 saturated heterocycles. The standard InChI is InChI=1S/C25H27FN2O4/c1-27-21(13-14-22(30)16-7-9-17(26)10-8-16)24(20-12-11-19(29)15-23(20)31)28(25(27)32)18-5-3-2-4-6-18/h2-12,15,21-22,24-25,29-32H,13-14H2,1H3/t21-,22?,24+,25?/m0/s1. The Morgan fingerprint density at radius 1 is 0.969 bits per heavy atom. The van der Waals surface area contributed by atoms with E-state index in [1.807, 2.05) is 35.2 Å². The minimum atomic E-state index is -0.955. The lowest BCUT2D eigenvalue weighted by atomic mass is 9.92. The number of hydrogen-bond acceptors (Lipinski definition) is 6. The van der Waals surface area contributed by atoms with E-state index < -0.39 is 18.5 Å². The van der Waals surface area contributed by atoms with Gasteiger partial charge in [-0.2, -0.15) is 0 Å². The lowest BCUT2D eigenvalue weighted by molar-refractivity contribution is 0.0332. The Kier molecular flexibility index (Phi) is 6.32. The summed E-state index contributed by atoms with van der Waals surface area (Å²) in [4.78, 5) is 3.63. The Morgan fingerprint density at radius 2 is 1.66 bits per heavy atom. The highest BCUT2D eigenvalue weighted by Gasteiger charge is 2.46. The van der Waals surface area contributed by atoms with E-state index in [1.54, 1.807) is 30.1 Å². The number of benzene rings is 3. The lowest BCUT2D eigenvalue weighted by Gasteiger charge is -2.31. The molecule has 1 aliphatic rings. The summed E-state index contributed by atoms with van der Waals surface area (Å²) in [5.41, 5.74) is 1.97. The third-order valence-electron chi connectivity index (χ3n) is 6.18. The number of rotatable bonds is 6. The molecule has 0 saturated carbocycles. The summed E-state index contributed by atoms with van der Waals surface area (Å²) in [6.07, 6.45) is -0.865. The number of likely N-dealkylation sites (N-methyl/N-ethyl adjacent to an activating group) is 1. The molecule has 32 heavy (non-hydrogen) atoms. The first-order valence-corrected chi connectivity index (χ1v) is 10.6. The van der Waals surface area contributed by atoms with Crippen LogP contribution >= 0.6 is 0 Å². The van der Waals surface area contributed by atoms with Crippen LogP contribution in [-0.4, -0.2) is 44.8 Å². The molecule has 3 aromatic rings. The van der Waals surface area contributed by atoms with Gasteiger partial charge in [-0.15, -0.1) is 0 Å². The van der Waals surface area contributed by atoms with E-state index in [1.165, 1.54) is 24.3 Å². The topological polar surface area (TPSA) is 87.4 Å². The van der Waals surface area contributed by atoms with Crippen molar-refractivity contribution in [1.29, 1.82) is 0 Å². The highest BCUT2D eigenvalue weighted by Crippen LogP contribution is 2.45. The summed E-state index contributed by atoms with van der Waals surface area (Å²) in [5.74, 6) is -0.476. The van der Waals surface area contributed by atoms with Crippen molar-refractivity contribution in [2.24, 2.45) is 0 Å². The Bertz CT molecular complexity index is 1050. The van der Waals surface area contributed by atoms with Gasteiger partial charge in [-0.1, -0.05) is 30.3 Å². The van der Waals surface area contributed by atoms with Crippen molar-refractivity contribution in [1.82, 2.24) is 4.90 Å². The summed E-state index contributed by atoms with van der Waals surface area (Å²) in [7, 11) is 1.80. The largest absolute Gasteiger partial charge is 0.508 e. The summed E-state index contributed by atoms with van der Waals surface area (Å²) >= 11 is 0. The molecule has 0 radical (unpaired) electrons. The Morgan fingerprint density at radius 3 is 2.31 bits per heavy atom. The molecule has 1 aliphatic heterocycles. The molecule has 6 nitrogen and oxygen atoms in total. The number of para-hydroxylation sites is 1. The molecule has 4 atom stereocenters. The van der Waals surface area contributed by atoms with Crippen molar-refractivity contribution in [2.75, 3.05) is 11.9 Å². The Labute approximate surface area is 186 Å². The average molecular weight is 438 g/mol. The molecule has 0 spiro atoms. The number of anilines is 1. The predicted molar refractivity (Wildman–Crippen MR) is 120 cm³/mol. The van der Waals surface area contributed by atoms with Gasteiger partial charge in [-0.3, -0.25) is 4.90 Å². The molecule has 4 rings (SSSR count). The number of nitrogens with zero attached hydrogens (tertiary/aromatic N) is 2. The van der Waals surface area contributed by atoms with Gasteiger partial charge in [-0.25, -0.2) is 4.39 Å². The first-order valence-electron chi connectivity index (χ1n) is 10.6. The summed E-state index contributed by atoms with van der Waals surface area (Å²) in [6, 6.07) is 18.9. The second kappa shape index (κ2) is 9.16. The second-order valence-corrected chi connectivity index (χ2v) is 8.15. The van der Waals surface area contributed by atoms with Crippen molar-refractivity contribution < 1.29 is 24.8 Å². The van der Waals surface area contributed by atoms with Gasteiger partial charge in [0, 0.05) is 23.4 Å². The molecule has 1 fully saturated rings. The normalized spacial score (nSPS) is 22.2. The molecule has 7 heteroatoms. The monoisotopic (exact) mass is 438 g/mol. The van der Waals surface area contributed by atoms with E-state index in [4.69, 9.17) is 0 Å². The molecule has 2 unspecified atom stereocenters. The van der Waals surface area contributed by atoms with Crippen LogP contribution in [0.25, 0.3) is 0 Å². The van der Waals surface area contributed by atoms with Crippen LogP contribution in [0, 0.1) is 5.82 Å². The Balaban J connectivity index is 1.66. The minimum Gasteiger partial charge on any atom is -0.508 e. The van der Waals surface area contributed by atoms with Crippen LogP contribution in [0.3, 0.4) is 0 Å². The van der Waals surface area contributed by atoms with Crippen molar-refractivity contribution in [3.63, 3.8) is 0 Å². The van der Waals surface area contributed by atoms with Crippen LogP contribution in [-0.2, 0) is 0 Å². The fourth-order valence-electron chi connectivity index (χ4n) is 4.49. The van der Waals surface area contributed by atoms with Gasteiger partial charge < -0.3 is 25.3 Å². The molecule has 168 valence electrons. The van der Waals surface area contributed by atoms with Gasteiger partial charge in [0.1, 0.15) is 17.3 Å². The highest BCUT2D eigenvalue weighted by molar-refractivity contribution is 5.54. The average Bonchev–Trinajstić information content (AvgIpc) is 3.03. The highest BCUT2D eigenvalue weighted by atomic mass is 19.1. The molecular weight excluding hydrogens is 411 g/mol. The zero-order chi connectivity index (χ0) is 22.8. The van der Waals surface area contributed by atoms with E-state index in [0.29, 0.717) is 24.0 Å². The summed E-state index contributed by atoms with van der Waals surface area (Å²) in [5, 5.41) is 42.1. The van der Waals surface area contributed by atoms with Gasteiger partial charge >= 0.3 is 0 Å². The van der Waals surface area contributed by atoms with Crippen LogP contribution in [0.15, 0.2) is 72.8 Å². The number of halogens is 1. The van der Waals surface area contributed by atoms with Gasteiger partial charge in [0.25, 0.3) is 0 Å². The van der Waals surface area contributed by atoms with Crippen LogP contribution < -0.4 is 4.90 Å². The lowest BCUT2D eigenvalue weighted by Crippen LogP contribution is -2.38. The summed E-state index contributed by atoms with van der Waals surface area (Å²) in [6.45, 7) is 0. The van der Waals surface area contributed by atoms with Crippen LogP contribution in [0.2, 0.25) is 0 Å². The molecule has 0 aromatic heterocycles. The zero-order valence-corrected chi connectivity index (χ0v) is 17.7. The van der Waals surface area contributed by atoms with E-state index >= 15 is 0 Å². The predicted octanol–water partition coefficient (Wildman–Crippen LogP) is 3.89. The number of phenolic OH excluding ortho intramolecular Hbond substituents is 2. The maximum Gasteiger partial charge on any atom is 0.187 e. The van der Waals surface area contributed by atoms with Crippen molar-refractivity contribution in [3.05, 3.63) is 89.7 Å². The first kappa shape index (κ1) is 22.1. The third kappa shape index (κ3) is 4.27. The third-order valence-corrected chi connectivity index (χ3v) is 6.18. The van der Waals surface area contributed by atoms with Crippen LogP contribution in [0.1, 0.15) is 36.1 Å². The smallest absolute Gasteiger partial charge is 0.187 e. The van der Waals surface area contributed by atoms with Crippen molar-refractivity contribution in [3.8, 4) is 11.5 Å². The molecule has 1 heterocycles. The fourth-order valence-corrected chi connectivity index (χ4v) is 4.49. The van der Waals surface area contributed by atoms with Gasteiger partial charge in [0.05, 0.1) is 12.1 Å². The number of phenols is 2. The molecular formula is C25H27FN2O4. The van der Waals surface area contributed by atoms with Crippen molar-refractivity contribution >= 4 is 5.69 Å². The molecule has 0 aliphatic carbocycles. The maximum absolute atomic E-state index is 13.2. The maximum atomic E-state index is 13.2. The van der Waals surface area contributed by atoms with Crippen LogP contribution in [0.4, 0.5) is 10.1 Å². The first-order chi connectivity index (χ1) is 15.4. The second-order valence-electron chi connectivity index (χ2n) is 8.15. The quantitative estimate of drug-likeness (QED) is 0.467. The molecule has 0 amide bonds. The Hall–Kier alpha value is -3.13. The van der Waals surface area contributed by atoms with E-state index in [2.05, 4.69) is 0 Å². The zero-order valence-electron chi connectivity index (χ0n) is 17.7. The van der Waals surface area contributed by atoms with E-state index in [-0.39, 0.29) is 23.4 Å². The number of hydrogen-bond donors (Lipinski definition) is 4. The number of aliphatic hydroxyl groups is 2. The minimum absolute atomic E-state index is 0.0484. The van der Waals surface area contributed by atoms with Crippen molar-refractivity contribution in [2.45, 2.75) is 37.4 Å². The molecule has 0 bridgehead atoms. The van der Waals surface area contributed by atoms with Gasteiger partial charge in [-0.05, 0) is 61.9 Å². The molecule has 4 N–H and O–H groups in total.